The Balaban J connectivity index is 1.61. The summed E-state index contributed by atoms with van der Waals surface area (Å²) in [5.74, 6) is -0.376. The van der Waals surface area contributed by atoms with Gasteiger partial charge in [-0.3, -0.25) is 9.59 Å². The second-order valence-electron chi connectivity index (χ2n) is 6.75. The van der Waals surface area contributed by atoms with Crippen LogP contribution in [-0.2, 0) is 11.2 Å². The average Bonchev–Trinajstić information content (AvgIpc) is 2.75. The molecule has 29 heavy (non-hydrogen) atoms. The van der Waals surface area contributed by atoms with E-state index in [1.54, 1.807) is 42.5 Å². The Morgan fingerprint density at radius 2 is 1.52 bits per heavy atom. The molecule has 4 heteroatoms. The van der Waals surface area contributed by atoms with Crippen molar-refractivity contribution >= 4 is 39.8 Å². The highest BCUT2D eigenvalue weighted by Crippen LogP contribution is 2.25. The van der Waals surface area contributed by atoms with E-state index >= 15 is 0 Å². The number of anilines is 1. The summed E-state index contributed by atoms with van der Waals surface area (Å²) < 4.78 is 0. The van der Waals surface area contributed by atoms with Crippen molar-refractivity contribution in [2.24, 2.45) is 0 Å². The molecular formula is C25H18ClNO2. The van der Waals surface area contributed by atoms with Crippen molar-refractivity contribution in [3.8, 4) is 0 Å². The van der Waals surface area contributed by atoms with Crippen molar-refractivity contribution in [3.05, 3.63) is 113 Å². The second-order valence-corrected chi connectivity index (χ2v) is 7.18. The standard InChI is InChI=1S/C25H18ClNO2/c26-20-13-14-23(22(16-20)25(29)18-8-2-1-3-9-18)27-24(28)15-19-11-6-10-17-7-4-5-12-21(17)19/h1-14,16H,15H2,(H,27,28). The summed E-state index contributed by atoms with van der Waals surface area (Å²) in [5, 5.41) is 5.45. The molecule has 0 radical (unpaired) electrons. The van der Waals surface area contributed by atoms with Crippen LogP contribution in [0.15, 0.2) is 91.0 Å². The number of halogens is 1. The van der Waals surface area contributed by atoms with Gasteiger partial charge in [-0.1, -0.05) is 84.4 Å². The molecule has 0 heterocycles. The predicted octanol–water partition coefficient (Wildman–Crippen LogP) is 5.91. The van der Waals surface area contributed by atoms with Crippen LogP contribution in [0.3, 0.4) is 0 Å². The van der Waals surface area contributed by atoms with Crippen LogP contribution in [0.2, 0.25) is 5.02 Å². The zero-order valence-corrected chi connectivity index (χ0v) is 16.3. The molecule has 0 saturated heterocycles. The van der Waals surface area contributed by atoms with Gasteiger partial charge in [0.2, 0.25) is 5.91 Å². The van der Waals surface area contributed by atoms with Gasteiger partial charge in [0.25, 0.3) is 0 Å². The molecule has 3 nitrogen and oxygen atoms in total. The van der Waals surface area contributed by atoms with Gasteiger partial charge in [-0.05, 0) is 34.5 Å². The van der Waals surface area contributed by atoms with E-state index in [-0.39, 0.29) is 18.1 Å². The van der Waals surface area contributed by atoms with Gasteiger partial charge in [0.15, 0.2) is 5.78 Å². The number of benzene rings is 4. The van der Waals surface area contributed by atoms with E-state index in [0.29, 0.717) is 21.8 Å². The van der Waals surface area contributed by atoms with Gasteiger partial charge in [-0.25, -0.2) is 0 Å². The van der Waals surface area contributed by atoms with Crippen LogP contribution in [0, 0.1) is 0 Å². The molecule has 0 atom stereocenters. The maximum atomic E-state index is 12.9. The molecule has 0 unspecified atom stereocenters. The minimum Gasteiger partial charge on any atom is -0.325 e. The third-order valence-corrected chi connectivity index (χ3v) is 5.00. The first-order chi connectivity index (χ1) is 14.1. The largest absolute Gasteiger partial charge is 0.325 e. The molecule has 0 aliphatic carbocycles. The summed E-state index contributed by atoms with van der Waals surface area (Å²) >= 11 is 6.12. The third-order valence-electron chi connectivity index (χ3n) is 4.77. The number of fused-ring (bicyclic) bond motifs is 1. The lowest BCUT2D eigenvalue weighted by Gasteiger charge is -2.12. The normalized spacial score (nSPS) is 10.7. The molecule has 1 amide bonds. The molecule has 4 rings (SSSR count). The monoisotopic (exact) mass is 399 g/mol. The molecule has 0 fully saturated rings. The molecule has 0 bridgehead atoms. The number of hydrogen-bond donors (Lipinski definition) is 1. The minimum absolute atomic E-state index is 0.187. The van der Waals surface area contributed by atoms with E-state index in [9.17, 15) is 9.59 Å². The Bertz CT molecular complexity index is 1200. The summed E-state index contributed by atoms with van der Waals surface area (Å²) in [6.07, 6.45) is 0.211. The summed E-state index contributed by atoms with van der Waals surface area (Å²) in [5.41, 5.74) is 2.30. The van der Waals surface area contributed by atoms with E-state index < -0.39 is 0 Å². The fraction of sp³-hybridized carbons (Fsp3) is 0.0400. The molecule has 0 saturated carbocycles. The summed E-state index contributed by atoms with van der Waals surface area (Å²) in [6.45, 7) is 0. The molecular weight excluding hydrogens is 382 g/mol. The first kappa shape index (κ1) is 18.9. The molecule has 0 spiro atoms. The smallest absolute Gasteiger partial charge is 0.228 e. The number of hydrogen-bond acceptors (Lipinski definition) is 2. The molecule has 0 aromatic heterocycles. The van der Waals surface area contributed by atoms with Gasteiger partial charge in [0.05, 0.1) is 12.1 Å². The average molecular weight is 400 g/mol. The quantitative estimate of drug-likeness (QED) is 0.424. The molecule has 4 aromatic rings. The Morgan fingerprint density at radius 1 is 0.793 bits per heavy atom. The molecule has 0 aliphatic rings. The van der Waals surface area contributed by atoms with Crippen LogP contribution in [0.4, 0.5) is 5.69 Å². The van der Waals surface area contributed by atoms with Crippen LogP contribution in [-0.4, -0.2) is 11.7 Å². The summed E-state index contributed by atoms with van der Waals surface area (Å²) in [4.78, 5) is 25.7. The SMILES string of the molecule is O=C(Cc1cccc2ccccc12)Nc1ccc(Cl)cc1C(=O)c1ccccc1. The van der Waals surface area contributed by atoms with Crippen LogP contribution in [0.1, 0.15) is 21.5 Å². The van der Waals surface area contributed by atoms with Gasteiger partial charge in [-0.15, -0.1) is 0 Å². The minimum atomic E-state index is -0.189. The van der Waals surface area contributed by atoms with Gasteiger partial charge in [0.1, 0.15) is 0 Å². The topological polar surface area (TPSA) is 46.2 Å². The van der Waals surface area contributed by atoms with Crippen molar-refractivity contribution in [1.29, 1.82) is 0 Å². The van der Waals surface area contributed by atoms with Crippen molar-refractivity contribution in [3.63, 3.8) is 0 Å². The van der Waals surface area contributed by atoms with Crippen molar-refractivity contribution in [2.75, 3.05) is 5.32 Å². The van der Waals surface area contributed by atoms with Crippen LogP contribution in [0.25, 0.3) is 10.8 Å². The lowest BCUT2D eigenvalue weighted by Crippen LogP contribution is -2.17. The second kappa shape index (κ2) is 8.29. The first-order valence-corrected chi connectivity index (χ1v) is 9.65. The Labute approximate surface area is 173 Å². The van der Waals surface area contributed by atoms with Gasteiger partial charge in [-0.2, -0.15) is 0 Å². The van der Waals surface area contributed by atoms with Crippen LogP contribution in [0.5, 0.6) is 0 Å². The van der Waals surface area contributed by atoms with Crippen molar-refractivity contribution < 1.29 is 9.59 Å². The number of carbonyl (C=O) groups excluding carboxylic acids is 2. The maximum absolute atomic E-state index is 12.9. The predicted molar refractivity (Wildman–Crippen MR) is 118 cm³/mol. The maximum Gasteiger partial charge on any atom is 0.228 e. The Hall–Kier alpha value is -3.43. The van der Waals surface area contributed by atoms with E-state index in [2.05, 4.69) is 5.32 Å². The summed E-state index contributed by atoms with van der Waals surface area (Å²) in [7, 11) is 0. The fourth-order valence-electron chi connectivity index (χ4n) is 3.37. The molecule has 142 valence electrons. The fourth-order valence-corrected chi connectivity index (χ4v) is 3.54. The van der Waals surface area contributed by atoms with Crippen molar-refractivity contribution in [1.82, 2.24) is 0 Å². The van der Waals surface area contributed by atoms with Crippen LogP contribution >= 0.6 is 11.6 Å². The lowest BCUT2D eigenvalue weighted by molar-refractivity contribution is -0.115. The molecule has 0 aliphatic heterocycles. The Morgan fingerprint density at radius 3 is 2.34 bits per heavy atom. The molecule has 1 N–H and O–H groups in total. The number of ketones is 1. The van der Waals surface area contributed by atoms with Crippen molar-refractivity contribution in [2.45, 2.75) is 6.42 Å². The van der Waals surface area contributed by atoms with E-state index in [4.69, 9.17) is 11.6 Å². The number of nitrogens with one attached hydrogen (secondary N) is 1. The molecule has 4 aromatic carbocycles. The zero-order valence-electron chi connectivity index (χ0n) is 15.6. The van der Waals surface area contributed by atoms with Gasteiger partial charge >= 0.3 is 0 Å². The number of carbonyl (C=O) groups is 2. The van der Waals surface area contributed by atoms with Gasteiger partial charge < -0.3 is 5.32 Å². The zero-order chi connectivity index (χ0) is 20.2. The van der Waals surface area contributed by atoms with E-state index in [1.165, 1.54) is 0 Å². The Kier molecular flexibility index (Phi) is 5.41. The highest BCUT2D eigenvalue weighted by atomic mass is 35.5. The van der Waals surface area contributed by atoms with Gasteiger partial charge in [0, 0.05) is 16.1 Å². The highest BCUT2D eigenvalue weighted by Gasteiger charge is 2.16. The highest BCUT2D eigenvalue weighted by molar-refractivity contribution is 6.31. The van der Waals surface area contributed by atoms with E-state index in [1.807, 2.05) is 48.5 Å². The summed E-state index contributed by atoms with van der Waals surface area (Å²) in [6, 6.07) is 27.7. The lowest BCUT2D eigenvalue weighted by atomic mass is 10.0. The van der Waals surface area contributed by atoms with E-state index in [0.717, 1.165) is 16.3 Å². The first-order valence-electron chi connectivity index (χ1n) is 9.27. The third kappa shape index (κ3) is 4.20. The number of amides is 1. The number of rotatable bonds is 5. The van der Waals surface area contributed by atoms with Crippen LogP contribution < -0.4 is 5.32 Å².